The topological polar surface area (TPSA) is 85.1 Å². The highest BCUT2D eigenvalue weighted by atomic mass is 32.2. The maximum atomic E-state index is 11.9. The van der Waals surface area contributed by atoms with E-state index in [1.807, 2.05) is 0 Å². The van der Waals surface area contributed by atoms with Crippen LogP contribution in [0.4, 0.5) is 5.82 Å². The van der Waals surface area contributed by atoms with Gasteiger partial charge in [0.2, 0.25) is 10.0 Å². The Labute approximate surface area is 95.1 Å². The largest absolute Gasteiger partial charge is 0.383 e. The van der Waals surface area contributed by atoms with Crippen molar-refractivity contribution in [2.75, 3.05) is 12.3 Å². The third-order valence-corrected chi connectivity index (χ3v) is 4.33. The van der Waals surface area contributed by atoms with Crippen LogP contribution < -0.4 is 10.5 Å². The summed E-state index contributed by atoms with van der Waals surface area (Å²) in [5.41, 5.74) is 5.66. The second kappa shape index (κ2) is 3.71. The normalized spacial score (nSPS) is 18.3. The standard InChI is InChI=1S/C10H15N3O2S/c1-10(4-5-10)7-13-16(14,15)8-3-2-6-12-9(8)11/h2-3,6,13H,4-5,7H2,1H3,(H2,11,12). The van der Waals surface area contributed by atoms with Crippen molar-refractivity contribution in [2.45, 2.75) is 24.7 Å². The first-order chi connectivity index (χ1) is 7.43. The Bertz CT molecular complexity index is 495. The van der Waals surface area contributed by atoms with E-state index in [2.05, 4.69) is 16.6 Å². The Morgan fingerprint density at radius 1 is 1.56 bits per heavy atom. The molecule has 1 aliphatic rings. The third kappa shape index (κ3) is 2.33. The van der Waals surface area contributed by atoms with Gasteiger partial charge in [0.25, 0.3) is 0 Å². The van der Waals surface area contributed by atoms with Crippen molar-refractivity contribution in [2.24, 2.45) is 5.41 Å². The van der Waals surface area contributed by atoms with E-state index < -0.39 is 10.0 Å². The van der Waals surface area contributed by atoms with Gasteiger partial charge in [-0.05, 0) is 30.4 Å². The molecule has 1 fully saturated rings. The SMILES string of the molecule is CC1(CNS(=O)(=O)c2cccnc2N)CC1. The molecule has 0 aromatic carbocycles. The minimum absolute atomic E-state index is 0.0379. The van der Waals surface area contributed by atoms with E-state index in [9.17, 15) is 8.42 Å². The lowest BCUT2D eigenvalue weighted by molar-refractivity contribution is 0.530. The van der Waals surface area contributed by atoms with Crippen LogP contribution in [0.2, 0.25) is 0 Å². The van der Waals surface area contributed by atoms with Gasteiger partial charge < -0.3 is 5.73 Å². The molecule has 1 heterocycles. The lowest BCUT2D eigenvalue weighted by Crippen LogP contribution is -2.29. The highest BCUT2D eigenvalue weighted by Gasteiger charge is 2.38. The number of rotatable bonds is 4. The van der Waals surface area contributed by atoms with Crippen molar-refractivity contribution in [1.82, 2.24) is 9.71 Å². The zero-order valence-corrected chi connectivity index (χ0v) is 9.92. The fraction of sp³-hybridized carbons (Fsp3) is 0.500. The summed E-state index contributed by atoms with van der Waals surface area (Å²) in [6.07, 6.45) is 3.60. The number of pyridine rings is 1. The number of nitrogens with two attached hydrogens (primary N) is 1. The Morgan fingerprint density at radius 3 is 2.81 bits per heavy atom. The molecule has 1 aromatic heterocycles. The molecular formula is C10H15N3O2S. The molecular weight excluding hydrogens is 226 g/mol. The van der Waals surface area contributed by atoms with Crippen LogP contribution in [0.5, 0.6) is 0 Å². The summed E-state index contributed by atoms with van der Waals surface area (Å²) in [5.74, 6) is 0.0379. The molecule has 2 rings (SSSR count). The van der Waals surface area contributed by atoms with Crippen LogP contribution in [0.15, 0.2) is 23.2 Å². The summed E-state index contributed by atoms with van der Waals surface area (Å²) in [5, 5.41) is 0. The first-order valence-corrected chi connectivity index (χ1v) is 6.61. The fourth-order valence-corrected chi connectivity index (χ4v) is 2.65. The molecule has 0 radical (unpaired) electrons. The van der Waals surface area contributed by atoms with Gasteiger partial charge in [0.05, 0.1) is 0 Å². The van der Waals surface area contributed by atoms with Crippen LogP contribution in [-0.2, 0) is 10.0 Å². The van der Waals surface area contributed by atoms with Crippen molar-refractivity contribution < 1.29 is 8.42 Å². The summed E-state index contributed by atoms with van der Waals surface area (Å²) in [6.45, 7) is 2.52. The van der Waals surface area contributed by atoms with Crippen molar-refractivity contribution in [3.8, 4) is 0 Å². The number of nitrogens with one attached hydrogen (secondary N) is 1. The quantitative estimate of drug-likeness (QED) is 0.814. The Balaban J connectivity index is 2.16. The van der Waals surface area contributed by atoms with Crippen molar-refractivity contribution in [1.29, 1.82) is 0 Å². The van der Waals surface area contributed by atoms with Gasteiger partial charge in [-0.15, -0.1) is 0 Å². The van der Waals surface area contributed by atoms with Gasteiger partial charge in [-0.25, -0.2) is 18.1 Å². The van der Waals surface area contributed by atoms with Crippen LogP contribution in [0.25, 0.3) is 0 Å². The Kier molecular flexibility index (Phi) is 2.63. The lowest BCUT2D eigenvalue weighted by Gasteiger charge is -2.11. The maximum absolute atomic E-state index is 11.9. The van der Waals surface area contributed by atoms with Gasteiger partial charge >= 0.3 is 0 Å². The van der Waals surface area contributed by atoms with Crippen molar-refractivity contribution >= 4 is 15.8 Å². The summed E-state index contributed by atoms with van der Waals surface area (Å²) >= 11 is 0. The molecule has 0 bridgehead atoms. The summed E-state index contributed by atoms with van der Waals surface area (Å²) in [6, 6.07) is 3.02. The predicted molar refractivity (Wildman–Crippen MR) is 61.2 cm³/mol. The molecule has 16 heavy (non-hydrogen) atoms. The van der Waals surface area contributed by atoms with E-state index in [1.54, 1.807) is 6.07 Å². The van der Waals surface area contributed by atoms with Gasteiger partial charge in [-0.1, -0.05) is 6.92 Å². The summed E-state index contributed by atoms with van der Waals surface area (Å²) < 4.78 is 26.4. The smallest absolute Gasteiger partial charge is 0.244 e. The first-order valence-electron chi connectivity index (χ1n) is 5.13. The first kappa shape index (κ1) is 11.3. The number of anilines is 1. The summed E-state index contributed by atoms with van der Waals surface area (Å²) in [7, 11) is -3.52. The number of hydrogen-bond donors (Lipinski definition) is 2. The average molecular weight is 241 g/mol. The minimum atomic E-state index is -3.52. The molecule has 6 heteroatoms. The number of hydrogen-bond acceptors (Lipinski definition) is 4. The fourth-order valence-electron chi connectivity index (χ4n) is 1.37. The molecule has 88 valence electrons. The van der Waals surface area contributed by atoms with Gasteiger partial charge in [0.15, 0.2) is 0 Å². The lowest BCUT2D eigenvalue weighted by atomic mass is 10.2. The molecule has 5 nitrogen and oxygen atoms in total. The molecule has 0 amide bonds. The molecule has 0 atom stereocenters. The van der Waals surface area contributed by atoms with Gasteiger partial charge in [0, 0.05) is 12.7 Å². The van der Waals surface area contributed by atoms with Crippen LogP contribution in [0.3, 0.4) is 0 Å². The highest BCUT2D eigenvalue weighted by molar-refractivity contribution is 7.89. The number of sulfonamides is 1. The van der Waals surface area contributed by atoms with Gasteiger partial charge in [-0.3, -0.25) is 0 Å². The second-order valence-electron chi connectivity index (χ2n) is 4.52. The van der Waals surface area contributed by atoms with Crippen molar-refractivity contribution in [3.05, 3.63) is 18.3 Å². The molecule has 0 spiro atoms. The molecule has 0 aliphatic heterocycles. The average Bonchev–Trinajstić information content (AvgIpc) is 2.95. The number of aromatic nitrogens is 1. The minimum Gasteiger partial charge on any atom is -0.383 e. The molecule has 1 aromatic rings. The van der Waals surface area contributed by atoms with Crippen LogP contribution >= 0.6 is 0 Å². The molecule has 1 aliphatic carbocycles. The van der Waals surface area contributed by atoms with Gasteiger partial charge in [0.1, 0.15) is 10.7 Å². The molecule has 0 saturated heterocycles. The molecule has 1 saturated carbocycles. The van der Waals surface area contributed by atoms with Crippen LogP contribution in [-0.4, -0.2) is 19.9 Å². The zero-order valence-electron chi connectivity index (χ0n) is 9.10. The monoisotopic (exact) mass is 241 g/mol. The van der Waals surface area contributed by atoms with E-state index in [0.29, 0.717) is 6.54 Å². The van der Waals surface area contributed by atoms with E-state index >= 15 is 0 Å². The Morgan fingerprint density at radius 2 is 2.25 bits per heavy atom. The van der Waals surface area contributed by atoms with Gasteiger partial charge in [-0.2, -0.15) is 0 Å². The predicted octanol–water partition coefficient (Wildman–Crippen LogP) is 0.742. The number of nitrogen functional groups attached to an aromatic ring is 1. The second-order valence-corrected chi connectivity index (χ2v) is 6.26. The van der Waals surface area contributed by atoms with Crippen LogP contribution in [0, 0.1) is 5.41 Å². The van der Waals surface area contributed by atoms with Crippen molar-refractivity contribution in [3.63, 3.8) is 0 Å². The summed E-state index contributed by atoms with van der Waals surface area (Å²) in [4.78, 5) is 3.82. The van der Waals surface area contributed by atoms with E-state index in [4.69, 9.17) is 5.73 Å². The van der Waals surface area contributed by atoms with Crippen LogP contribution in [0.1, 0.15) is 19.8 Å². The molecule has 3 N–H and O–H groups in total. The Hall–Kier alpha value is -1.14. The zero-order chi connectivity index (χ0) is 11.8. The van der Waals surface area contributed by atoms with E-state index in [1.165, 1.54) is 12.3 Å². The number of nitrogens with zero attached hydrogens (tertiary/aromatic N) is 1. The molecule has 0 unspecified atom stereocenters. The highest BCUT2D eigenvalue weighted by Crippen LogP contribution is 2.44. The third-order valence-electron chi connectivity index (χ3n) is 2.88. The van der Waals surface area contributed by atoms with E-state index in [-0.39, 0.29) is 16.1 Å². The van der Waals surface area contributed by atoms with E-state index in [0.717, 1.165) is 12.8 Å². The maximum Gasteiger partial charge on any atom is 0.244 e.